The van der Waals surface area contributed by atoms with E-state index < -0.39 is 0 Å². The van der Waals surface area contributed by atoms with E-state index in [0.29, 0.717) is 31.5 Å². The normalized spacial score (nSPS) is 9.44. The molecule has 0 bridgehead atoms. The van der Waals surface area contributed by atoms with Crippen LogP contribution < -0.4 is 11.1 Å². The van der Waals surface area contributed by atoms with E-state index >= 15 is 0 Å². The molecule has 1 aromatic carbocycles. The maximum Gasteiger partial charge on any atom is 0.220 e. The van der Waals surface area contributed by atoms with Gasteiger partial charge in [-0.1, -0.05) is 18.2 Å². The number of nitrogen functional groups attached to an aromatic ring is 1. The molecule has 0 saturated heterocycles. The lowest BCUT2D eigenvalue weighted by Gasteiger charge is -2.05. The van der Waals surface area contributed by atoms with Crippen molar-refractivity contribution in [2.24, 2.45) is 0 Å². The first-order valence-corrected chi connectivity index (χ1v) is 5.21. The Bertz CT molecular complexity index is 395. The van der Waals surface area contributed by atoms with Crippen LogP contribution in [0.15, 0.2) is 24.3 Å². The summed E-state index contributed by atoms with van der Waals surface area (Å²) in [4.78, 5) is 11.3. The minimum atomic E-state index is -0.0431. The second kappa shape index (κ2) is 6.46. The maximum atomic E-state index is 11.3. The molecule has 1 aromatic rings. The zero-order valence-electron chi connectivity index (χ0n) is 9.07. The Kier molecular flexibility index (Phi) is 4.87. The fourth-order valence-electron chi connectivity index (χ4n) is 1.36. The molecule has 0 spiro atoms. The molecule has 0 atom stereocenters. The lowest BCUT2D eigenvalue weighted by atomic mass is 10.1. The summed E-state index contributed by atoms with van der Waals surface area (Å²) < 4.78 is 0. The molecule has 4 nitrogen and oxygen atoms in total. The highest BCUT2D eigenvalue weighted by Gasteiger charge is 2.03. The Labute approximate surface area is 95.1 Å². The number of nitrogens with two attached hydrogens (primary N) is 1. The summed E-state index contributed by atoms with van der Waals surface area (Å²) in [5, 5.41) is 11.0. The van der Waals surface area contributed by atoms with Crippen LogP contribution in [0.4, 0.5) is 5.69 Å². The Morgan fingerprint density at radius 3 is 2.88 bits per heavy atom. The zero-order valence-corrected chi connectivity index (χ0v) is 9.07. The average molecular weight is 217 g/mol. The molecule has 0 fully saturated rings. The number of carbonyl (C=O) groups excluding carboxylic acids is 1. The van der Waals surface area contributed by atoms with Crippen LogP contribution >= 0.6 is 0 Å². The van der Waals surface area contributed by atoms with Crippen molar-refractivity contribution in [2.45, 2.75) is 19.3 Å². The fourth-order valence-corrected chi connectivity index (χ4v) is 1.36. The van der Waals surface area contributed by atoms with Crippen molar-refractivity contribution in [3.8, 4) is 6.07 Å². The van der Waals surface area contributed by atoms with Crippen LogP contribution in [0.2, 0.25) is 0 Å². The first-order valence-electron chi connectivity index (χ1n) is 5.21. The third kappa shape index (κ3) is 4.01. The number of hydrogen-bond donors (Lipinski definition) is 2. The van der Waals surface area contributed by atoms with Gasteiger partial charge in [-0.05, 0) is 18.1 Å². The van der Waals surface area contributed by atoms with Crippen molar-refractivity contribution in [3.63, 3.8) is 0 Å². The number of nitrogens with one attached hydrogen (secondary N) is 1. The molecule has 0 aliphatic rings. The highest BCUT2D eigenvalue weighted by atomic mass is 16.1. The summed E-state index contributed by atoms with van der Waals surface area (Å²) in [7, 11) is 0. The van der Waals surface area contributed by atoms with E-state index in [1.54, 1.807) is 0 Å². The molecular formula is C12H15N3O. The molecule has 0 unspecified atom stereocenters. The number of amides is 1. The molecule has 0 aromatic heterocycles. The number of rotatable bonds is 5. The van der Waals surface area contributed by atoms with Gasteiger partial charge in [-0.2, -0.15) is 5.26 Å². The predicted octanol–water partition coefficient (Wildman–Crippen LogP) is 1.23. The van der Waals surface area contributed by atoms with Crippen molar-refractivity contribution >= 4 is 11.6 Å². The smallest absolute Gasteiger partial charge is 0.220 e. The standard InChI is InChI=1S/C12H15N3O/c13-8-3-9-15-12(16)7-6-10-4-1-2-5-11(10)14/h1-2,4-5H,3,6-7,9,14H2,(H,15,16). The molecule has 0 heterocycles. The van der Waals surface area contributed by atoms with Crippen molar-refractivity contribution in [3.05, 3.63) is 29.8 Å². The lowest BCUT2D eigenvalue weighted by molar-refractivity contribution is -0.121. The molecule has 0 aliphatic heterocycles. The number of benzene rings is 1. The van der Waals surface area contributed by atoms with Gasteiger partial charge in [0.1, 0.15) is 0 Å². The molecule has 3 N–H and O–H groups in total. The Morgan fingerprint density at radius 2 is 2.19 bits per heavy atom. The number of aryl methyl sites for hydroxylation is 1. The summed E-state index contributed by atoms with van der Waals surface area (Å²) in [6.45, 7) is 0.416. The first-order chi connectivity index (χ1) is 7.74. The topological polar surface area (TPSA) is 78.9 Å². The molecule has 0 radical (unpaired) electrons. The van der Waals surface area contributed by atoms with E-state index in [9.17, 15) is 4.79 Å². The van der Waals surface area contributed by atoms with Crippen LogP contribution in [0.5, 0.6) is 0 Å². The van der Waals surface area contributed by atoms with Gasteiger partial charge in [0.15, 0.2) is 0 Å². The van der Waals surface area contributed by atoms with Crippen molar-refractivity contribution in [1.29, 1.82) is 5.26 Å². The summed E-state index contributed by atoms with van der Waals surface area (Å²) >= 11 is 0. The number of para-hydroxylation sites is 1. The number of anilines is 1. The Morgan fingerprint density at radius 1 is 1.44 bits per heavy atom. The third-order valence-electron chi connectivity index (χ3n) is 2.24. The third-order valence-corrected chi connectivity index (χ3v) is 2.24. The van der Waals surface area contributed by atoms with E-state index in [2.05, 4.69) is 5.32 Å². The van der Waals surface area contributed by atoms with Gasteiger partial charge >= 0.3 is 0 Å². The number of hydrogen-bond acceptors (Lipinski definition) is 3. The van der Waals surface area contributed by atoms with Gasteiger partial charge < -0.3 is 11.1 Å². The summed E-state index contributed by atoms with van der Waals surface area (Å²) in [5.74, 6) is -0.0431. The maximum absolute atomic E-state index is 11.3. The molecular weight excluding hydrogens is 202 g/mol. The second-order valence-corrected chi connectivity index (χ2v) is 3.46. The minimum absolute atomic E-state index is 0.0431. The van der Waals surface area contributed by atoms with Crippen LogP contribution in [0.3, 0.4) is 0 Å². The molecule has 16 heavy (non-hydrogen) atoms. The molecule has 4 heteroatoms. The summed E-state index contributed by atoms with van der Waals surface area (Å²) in [5.41, 5.74) is 7.45. The van der Waals surface area contributed by atoms with Crippen molar-refractivity contribution in [2.75, 3.05) is 12.3 Å². The van der Waals surface area contributed by atoms with Crippen LogP contribution in [-0.4, -0.2) is 12.5 Å². The van der Waals surface area contributed by atoms with E-state index in [0.717, 1.165) is 5.56 Å². The predicted molar refractivity (Wildman–Crippen MR) is 62.4 cm³/mol. The van der Waals surface area contributed by atoms with E-state index in [1.165, 1.54) is 0 Å². The monoisotopic (exact) mass is 217 g/mol. The van der Waals surface area contributed by atoms with E-state index in [-0.39, 0.29) is 5.91 Å². The molecule has 0 saturated carbocycles. The quantitative estimate of drug-likeness (QED) is 0.575. The molecule has 1 rings (SSSR count). The van der Waals surface area contributed by atoms with Crippen LogP contribution in [0.25, 0.3) is 0 Å². The SMILES string of the molecule is N#CCCNC(=O)CCc1ccccc1N. The Hall–Kier alpha value is -2.02. The van der Waals surface area contributed by atoms with Gasteiger partial charge in [-0.3, -0.25) is 4.79 Å². The van der Waals surface area contributed by atoms with Crippen LogP contribution in [-0.2, 0) is 11.2 Å². The van der Waals surface area contributed by atoms with Gasteiger partial charge in [0, 0.05) is 18.7 Å². The van der Waals surface area contributed by atoms with Crippen molar-refractivity contribution < 1.29 is 4.79 Å². The van der Waals surface area contributed by atoms with E-state index in [1.807, 2.05) is 30.3 Å². The fraction of sp³-hybridized carbons (Fsp3) is 0.333. The van der Waals surface area contributed by atoms with Crippen molar-refractivity contribution in [1.82, 2.24) is 5.32 Å². The molecule has 84 valence electrons. The van der Waals surface area contributed by atoms with Gasteiger partial charge in [-0.15, -0.1) is 0 Å². The largest absolute Gasteiger partial charge is 0.399 e. The molecule has 1 amide bonds. The lowest BCUT2D eigenvalue weighted by Crippen LogP contribution is -2.24. The number of carbonyl (C=O) groups is 1. The number of nitriles is 1. The van der Waals surface area contributed by atoms with Gasteiger partial charge in [0.25, 0.3) is 0 Å². The van der Waals surface area contributed by atoms with Crippen LogP contribution in [0, 0.1) is 11.3 Å². The van der Waals surface area contributed by atoms with E-state index in [4.69, 9.17) is 11.0 Å². The minimum Gasteiger partial charge on any atom is -0.399 e. The van der Waals surface area contributed by atoms with Crippen LogP contribution in [0.1, 0.15) is 18.4 Å². The van der Waals surface area contributed by atoms with Gasteiger partial charge in [-0.25, -0.2) is 0 Å². The highest BCUT2D eigenvalue weighted by molar-refractivity contribution is 5.76. The Balaban J connectivity index is 2.32. The van der Waals surface area contributed by atoms with Gasteiger partial charge in [0.2, 0.25) is 5.91 Å². The summed E-state index contributed by atoms with van der Waals surface area (Å²) in [6, 6.07) is 9.48. The second-order valence-electron chi connectivity index (χ2n) is 3.46. The highest BCUT2D eigenvalue weighted by Crippen LogP contribution is 2.12. The number of nitrogens with zero attached hydrogens (tertiary/aromatic N) is 1. The first kappa shape index (κ1) is 12.1. The summed E-state index contributed by atoms with van der Waals surface area (Å²) in [6.07, 6.45) is 1.38. The zero-order chi connectivity index (χ0) is 11.8. The molecule has 0 aliphatic carbocycles. The van der Waals surface area contributed by atoms with Gasteiger partial charge in [0.05, 0.1) is 12.5 Å². The average Bonchev–Trinajstić information content (AvgIpc) is 2.28.